The Bertz CT molecular complexity index is 1510. The molecule has 0 spiro atoms. The van der Waals surface area contributed by atoms with E-state index in [9.17, 15) is 4.79 Å². The molecule has 1 amide bonds. The number of aryl methyl sites for hydroxylation is 1. The Labute approximate surface area is 230 Å². The van der Waals surface area contributed by atoms with Crippen LogP contribution in [0.15, 0.2) is 24.7 Å². The van der Waals surface area contributed by atoms with Crippen LogP contribution in [0.5, 0.6) is 0 Å². The third-order valence-corrected chi connectivity index (χ3v) is 8.75. The number of fused-ring (bicyclic) bond motifs is 2. The molecule has 0 aromatic carbocycles. The molecule has 2 aliphatic rings. The number of hydrogen-bond donors (Lipinski definition) is 1. The number of aromatic amines is 1. The highest BCUT2D eigenvalue weighted by atomic mass is 16.2. The van der Waals surface area contributed by atoms with Crippen molar-refractivity contribution in [1.82, 2.24) is 34.4 Å². The van der Waals surface area contributed by atoms with Gasteiger partial charge in [0, 0.05) is 56.0 Å². The van der Waals surface area contributed by atoms with E-state index in [4.69, 9.17) is 4.98 Å². The van der Waals surface area contributed by atoms with Crippen LogP contribution >= 0.6 is 0 Å². The lowest BCUT2D eigenvalue weighted by molar-refractivity contribution is -0.132. The first-order chi connectivity index (χ1) is 18.8. The maximum atomic E-state index is 12.9. The minimum Gasteiger partial charge on any atom is -0.353 e. The predicted octanol–water partition coefficient (Wildman–Crippen LogP) is 4.54. The second-order valence-corrected chi connectivity index (χ2v) is 11.6. The van der Waals surface area contributed by atoms with Crippen molar-refractivity contribution >= 4 is 28.4 Å². The Hall–Kier alpha value is -3.46. The first kappa shape index (κ1) is 25.8. The van der Waals surface area contributed by atoms with Gasteiger partial charge >= 0.3 is 0 Å². The Morgan fingerprint density at radius 2 is 1.90 bits per heavy atom. The van der Waals surface area contributed by atoms with Crippen molar-refractivity contribution in [2.24, 2.45) is 0 Å². The molecule has 206 valence electrons. The number of rotatable bonds is 6. The lowest BCUT2D eigenvalue weighted by Crippen LogP contribution is -2.54. The Balaban J connectivity index is 1.27. The third kappa shape index (κ3) is 4.67. The van der Waals surface area contributed by atoms with E-state index >= 15 is 0 Å². The molecule has 9 heteroatoms. The number of piperazine rings is 1. The lowest BCUT2D eigenvalue weighted by Gasteiger charge is -2.40. The monoisotopic (exact) mass is 528 g/mol. The van der Waals surface area contributed by atoms with Crippen LogP contribution in [-0.2, 0) is 4.79 Å². The van der Waals surface area contributed by atoms with Gasteiger partial charge in [-0.25, -0.2) is 14.5 Å². The number of carbonyl (C=O) groups is 1. The highest BCUT2D eigenvalue weighted by molar-refractivity contribution is 5.90. The summed E-state index contributed by atoms with van der Waals surface area (Å²) in [4.78, 5) is 33.1. The predicted molar refractivity (Wildman–Crippen MR) is 155 cm³/mol. The van der Waals surface area contributed by atoms with Crippen molar-refractivity contribution in [3.63, 3.8) is 0 Å². The fourth-order valence-corrected chi connectivity index (χ4v) is 6.41. The molecule has 2 aliphatic heterocycles. The fraction of sp³-hybridized carbons (Fsp3) is 0.533. The Morgan fingerprint density at radius 1 is 1.10 bits per heavy atom. The smallest absolute Gasteiger partial charge is 0.223 e. The standard InChI is InChI=1S/C30H40N8O/c1-19(2)27-28(23-17-38-30(31-18-32-38)22(5)21(23)4)33-24-8-9-25(34-29(24)27)37-15-14-36(16-20(37)3)26(39)10-13-35-11-6-7-12-35/h8-9,17-20,33H,6-7,10-16H2,1-5H3/t20-/m0/s1. The molecule has 0 unspecified atom stereocenters. The number of anilines is 1. The number of likely N-dealkylation sites (tertiary alicyclic amines) is 1. The summed E-state index contributed by atoms with van der Waals surface area (Å²) in [5.41, 5.74) is 8.73. The van der Waals surface area contributed by atoms with Crippen LogP contribution < -0.4 is 4.90 Å². The van der Waals surface area contributed by atoms with Crippen molar-refractivity contribution in [2.45, 2.75) is 65.8 Å². The van der Waals surface area contributed by atoms with Crippen molar-refractivity contribution in [1.29, 1.82) is 0 Å². The molecule has 0 radical (unpaired) electrons. The van der Waals surface area contributed by atoms with Gasteiger partial charge in [-0.05, 0) is 75.9 Å². The molecule has 2 saturated heterocycles. The van der Waals surface area contributed by atoms with Crippen LogP contribution in [0.25, 0.3) is 27.9 Å². The molecular formula is C30H40N8O. The average molecular weight is 529 g/mol. The molecule has 6 rings (SSSR count). The summed E-state index contributed by atoms with van der Waals surface area (Å²) < 4.78 is 1.86. The number of aromatic nitrogens is 5. The van der Waals surface area contributed by atoms with Gasteiger partial charge in [-0.2, -0.15) is 5.10 Å². The summed E-state index contributed by atoms with van der Waals surface area (Å²) in [7, 11) is 0. The zero-order valence-corrected chi connectivity index (χ0v) is 23.9. The molecule has 1 N–H and O–H groups in total. The van der Waals surface area contributed by atoms with Gasteiger partial charge in [0.1, 0.15) is 12.1 Å². The minimum absolute atomic E-state index is 0.208. The molecule has 6 heterocycles. The van der Waals surface area contributed by atoms with E-state index in [1.165, 1.54) is 24.0 Å². The first-order valence-corrected chi connectivity index (χ1v) is 14.4. The van der Waals surface area contributed by atoms with E-state index in [0.29, 0.717) is 6.42 Å². The molecule has 0 saturated carbocycles. The summed E-state index contributed by atoms with van der Waals surface area (Å²) in [6.07, 6.45) is 6.83. The molecule has 0 bridgehead atoms. The van der Waals surface area contributed by atoms with Crippen molar-refractivity contribution in [3.05, 3.63) is 41.3 Å². The number of nitrogens with zero attached hydrogens (tertiary/aromatic N) is 7. The van der Waals surface area contributed by atoms with Gasteiger partial charge in [0.05, 0.1) is 16.7 Å². The second kappa shape index (κ2) is 10.3. The summed E-state index contributed by atoms with van der Waals surface area (Å²) in [5, 5.41) is 4.41. The fourth-order valence-electron chi connectivity index (χ4n) is 6.41. The number of pyridine rings is 2. The van der Waals surface area contributed by atoms with Crippen LogP contribution in [0.2, 0.25) is 0 Å². The molecule has 4 aromatic rings. The van der Waals surface area contributed by atoms with Crippen LogP contribution in [0, 0.1) is 13.8 Å². The normalized spacial score (nSPS) is 18.8. The van der Waals surface area contributed by atoms with Crippen molar-refractivity contribution < 1.29 is 4.79 Å². The van der Waals surface area contributed by atoms with E-state index in [1.807, 2.05) is 4.52 Å². The van der Waals surface area contributed by atoms with Crippen LogP contribution in [0.1, 0.15) is 62.6 Å². The number of nitrogens with one attached hydrogen (secondary N) is 1. The maximum Gasteiger partial charge on any atom is 0.223 e. The first-order valence-electron chi connectivity index (χ1n) is 14.4. The average Bonchev–Trinajstić information content (AvgIpc) is 3.68. The topological polar surface area (TPSA) is 85.7 Å². The summed E-state index contributed by atoms with van der Waals surface area (Å²) in [6.45, 7) is 16.4. The van der Waals surface area contributed by atoms with Crippen molar-refractivity contribution in [2.75, 3.05) is 44.2 Å². The third-order valence-electron chi connectivity index (χ3n) is 8.75. The zero-order chi connectivity index (χ0) is 27.3. The molecule has 1 atom stereocenters. The van der Waals surface area contributed by atoms with E-state index in [-0.39, 0.29) is 17.9 Å². The van der Waals surface area contributed by atoms with E-state index in [1.54, 1.807) is 6.33 Å². The summed E-state index contributed by atoms with van der Waals surface area (Å²) in [6, 6.07) is 4.48. The van der Waals surface area contributed by atoms with Crippen LogP contribution in [0.3, 0.4) is 0 Å². The van der Waals surface area contributed by atoms with E-state index in [2.05, 4.69) is 82.7 Å². The summed E-state index contributed by atoms with van der Waals surface area (Å²) >= 11 is 0. The molecule has 39 heavy (non-hydrogen) atoms. The second-order valence-electron chi connectivity index (χ2n) is 11.6. The van der Waals surface area contributed by atoms with Gasteiger partial charge in [0.25, 0.3) is 0 Å². The largest absolute Gasteiger partial charge is 0.353 e. The molecule has 9 nitrogen and oxygen atoms in total. The van der Waals surface area contributed by atoms with Crippen molar-refractivity contribution in [3.8, 4) is 11.3 Å². The van der Waals surface area contributed by atoms with E-state index < -0.39 is 0 Å². The quantitative estimate of drug-likeness (QED) is 0.396. The maximum absolute atomic E-state index is 12.9. The number of amides is 1. The van der Waals surface area contributed by atoms with Gasteiger partial charge in [0.15, 0.2) is 5.65 Å². The number of carbonyl (C=O) groups excluding carboxylic acids is 1. The Morgan fingerprint density at radius 3 is 2.64 bits per heavy atom. The van der Waals surface area contributed by atoms with Gasteiger partial charge in [-0.1, -0.05) is 13.8 Å². The molecule has 0 aliphatic carbocycles. The van der Waals surface area contributed by atoms with E-state index in [0.717, 1.165) is 78.6 Å². The molecular weight excluding hydrogens is 488 g/mol. The van der Waals surface area contributed by atoms with Gasteiger partial charge in [-0.3, -0.25) is 4.79 Å². The number of H-pyrrole nitrogens is 1. The molecule has 2 fully saturated rings. The van der Waals surface area contributed by atoms with Gasteiger partial charge in [-0.15, -0.1) is 0 Å². The minimum atomic E-state index is 0.208. The lowest BCUT2D eigenvalue weighted by atomic mass is 9.95. The Kier molecular flexibility index (Phi) is 6.79. The highest BCUT2D eigenvalue weighted by Crippen LogP contribution is 2.38. The van der Waals surface area contributed by atoms with Crippen LogP contribution in [0.4, 0.5) is 5.82 Å². The molecule has 4 aromatic heterocycles. The SMILES string of the molecule is Cc1c(-c2[nH]c3ccc(N4CCN(C(=O)CCN5CCCC5)C[C@@H]4C)nc3c2C(C)C)cn2ncnc2c1C. The van der Waals surface area contributed by atoms with Gasteiger partial charge in [0.2, 0.25) is 5.91 Å². The summed E-state index contributed by atoms with van der Waals surface area (Å²) in [5.74, 6) is 1.54. The van der Waals surface area contributed by atoms with Gasteiger partial charge < -0.3 is 19.7 Å². The number of hydrogen-bond acceptors (Lipinski definition) is 6. The van der Waals surface area contributed by atoms with Crippen LogP contribution in [-0.4, -0.2) is 85.6 Å². The highest BCUT2D eigenvalue weighted by Gasteiger charge is 2.29. The zero-order valence-electron chi connectivity index (χ0n) is 23.9.